The molecule has 1 aliphatic heterocycles. The summed E-state index contributed by atoms with van der Waals surface area (Å²) in [6, 6.07) is 12.3. The third-order valence-corrected chi connectivity index (χ3v) is 5.17. The molecule has 0 spiro atoms. The van der Waals surface area contributed by atoms with Crippen LogP contribution in [-0.4, -0.2) is 54.0 Å². The maximum absolute atomic E-state index is 12.2. The lowest BCUT2D eigenvalue weighted by atomic mass is 10.1. The largest absolute Gasteiger partial charge is 0.369 e. The minimum atomic E-state index is -0.110. The molecule has 0 aliphatic carbocycles. The molecule has 1 aliphatic rings. The number of rotatable bonds is 5. The highest BCUT2D eigenvalue weighted by Crippen LogP contribution is 2.18. The van der Waals surface area contributed by atoms with Crippen molar-refractivity contribution in [1.29, 1.82) is 0 Å². The molecule has 3 aromatic rings. The Morgan fingerprint density at radius 3 is 2.75 bits per heavy atom. The summed E-state index contributed by atoms with van der Waals surface area (Å²) in [6.07, 6.45) is 6.98. The number of aromatic nitrogens is 2. The monoisotopic (exact) mass is 375 g/mol. The first-order valence-corrected chi connectivity index (χ1v) is 9.59. The van der Waals surface area contributed by atoms with Gasteiger partial charge in [-0.25, -0.2) is 4.98 Å². The van der Waals surface area contributed by atoms with Gasteiger partial charge < -0.3 is 20.1 Å². The molecule has 4 rings (SSSR count). The fourth-order valence-corrected chi connectivity index (χ4v) is 3.42. The summed E-state index contributed by atoms with van der Waals surface area (Å²) in [4.78, 5) is 24.3. The van der Waals surface area contributed by atoms with Gasteiger partial charge in [0.15, 0.2) is 0 Å². The van der Waals surface area contributed by atoms with E-state index in [-0.39, 0.29) is 5.91 Å². The minimum absolute atomic E-state index is 0.110. The fourth-order valence-electron chi connectivity index (χ4n) is 3.42. The van der Waals surface area contributed by atoms with E-state index in [1.54, 1.807) is 12.3 Å². The fraction of sp³-hybridized carbons (Fsp3) is 0.273. The highest BCUT2D eigenvalue weighted by molar-refractivity contribution is 5.95. The Kier molecular flexibility index (Phi) is 5.39. The number of H-pyrrole nitrogens is 1. The van der Waals surface area contributed by atoms with Gasteiger partial charge in [0.05, 0.1) is 0 Å². The zero-order valence-electron chi connectivity index (χ0n) is 16.1. The summed E-state index contributed by atoms with van der Waals surface area (Å²) in [5.74, 6) is -0.110. The van der Waals surface area contributed by atoms with E-state index in [0.29, 0.717) is 6.54 Å². The molecule has 0 atom stereocenters. The third-order valence-electron chi connectivity index (χ3n) is 5.17. The molecule has 0 bridgehead atoms. The third kappa shape index (κ3) is 4.23. The van der Waals surface area contributed by atoms with Crippen molar-refractivity contribution in [3.05, 3.63) is 66.0 Å². The Hall–Kier alpha value is -3.12. The number of nitrogens with one attached hydrogen (secondary N) is 2. The maximum atomic E-state index is 12.2. The van der Waals surface area contributed by atoms with Crippen molar-refractivity contribution in [2.45, 2.75) is 6.54 Å². The summed E-state index contributed by atoms with van der Waals surface area (Å²) in [5.41, 5.74) is 4.12. The number of fused-ring (bicyclic) bond motifs is 1. The number of nitrogens with zero attached hydrogens (tertiary/aromatic N) is 3. The average Bonchev–Trinajstić information content (AvgIpc) is 3.15. The molecule has 1 amide bonds. The number of aromatic amines is 1. The van der Waals surface area contributed by atoms with E-state index in [9.17, 15) is 4.79 Å². The van der Waals surface area contributed by atoms with E-state index >= 15 is 0 Å². The van der Waals surface area contributed by atoms with Gasteiger partial charge in [0, 0.05) is 67.8 Å². The molecule has 144 valence electrons. The molecule has 2 aromatic heterocycles. The molecule has 6 nitrogen and oxygen atoms in total. The molecule has 28 heavy (non-hydrogen) atoms. The van der Waals surface area contributed by atoms with Crippen LogP contribution in [0, 0.1) is 0 Å². The van der Waals surface area contributed by atoms with Crippen molar-refractivity contribution in [3.8, 4) is 0 Å². The predicted octanol–water partition coefficient (Wildman–Crippen LogP) is 2.64. The van der Waals surface area contributed by atoms with Gasteiger partial charge in [0.2, 0.25) is 5.91 Å². The zero-order valence-corrected chi connectivity index (χ0v) is 16.1. The van der Waals surface area contributed by atoms with E-state index in [1.807, 2.05) is 24.4 Å². The number of benzene rings is 1. The summed E-state index contributed by atoms with van der Waals surface area (Å²) < 4.78 is 0. The number of carbonyl (C=O) groups excluding carboxylic acids is 1. The van der Waals surface area contributed by atoms with Gasteiger partial charge in [-0.1, -0.05) is 12.1 Å². The first kappa shape index (κ1) is 18.3. The number of hydrogen-bond donors (Lipinski definition) is 2. The van der Waals surface area contributed by atoms with Crippen LogP contribution in [0.15, 0.2) is 54.9 Å². The number of hydrogen-bond acceptors (Lipinski definition) is 4. The quantitative estimate of drug-likeness (QED) is 0.673. The van der Waals surface area contributed by atoms with Crippen molar-refractivity contribution in [2.24, 2.45) is 0 Å². The van der Waals surface area contributed by atoms with Crippen molar-refractivity contribution >= 4 is 28.7 Å². The first-order chi connectivity index (χ1) is 13.7. The molecule has 1 saturated heterocycles. The topological polar surface area (TPSA) is 64.3 Å². The molecule has 1 aromatic carbocycles. The van der Waals surface area contributed by atoms with E-state index in [1.165, 1.54) is 5.69 Å². The van der Waals surface area contributed by atoms with Gasteiger partial charge in [-0.3, -0.25) is 4.79 Å². The Labute approximate surface area is 164 Å². The van der Waals surface area contributed by atoms with Crippen LogP contribution in [0.1, 0.15) is 11.1 Å². The van der Waals surface area contributed by atoms with Crippen LogP contribution in [-0.2, 0) is 11.3 Å². The average molecular weight is 375 g/mol. The van der Waals surface area contributed by atoms with Gasteiger partial charge in [-0.2, -0.15) is 0 Å². The predicted molar refractivity (Wildman–Crippen MR) is 113 cm³/mol. The molecule has 0 unspecified atom stereocenters. The number of piperazine rings is 1. The molecule has 0 radical (unpaired) electrons. The number of likely N-dealkylation sites (N-methyl/N-ethyl adjacent to an activating group) is 1. The van der Waals surface area contributed by atoms with Gasteiger partial charge in [-0.15, -0.1) is 0 Å². The van der Waals surface area contributed by atoms with E-state index < -0.39 is 0 Å². The number of pyridine rings is 1. The SMILES string of the molecule is CN1CCN(c2ccc(CNC(=O)C=Cc3c[nH]c4ncccc34)cc2)CC1. The highest BCUT2D eigenvalue weighted by Gasteiger charge is 2.13. The van der Waals surface area contributed by atoms with Crippen LogP contribution < -0.4 is 10.2 Å². The first-order valence-electron chi connectivity index (χ1n) is 9.59. The summed E-state index contributed by atoms with van der Waals surface area (Å²) >= 11 is 0. The number of anilines is 1. The standard InChI is InChI=1S/C22H25N5O/c1-26-11-13-27(14-12-26)19-7-4-17(5-8-19)15-24-21(28)9-6-18-16-25-22-20(18)3-2-10-23-22/h2-10,16H,11-15H2,1H3,(H,23,25)(H,24,28). The van der Waals surface area contributed by atoms with E-state index in [2.05, 4.69) is 56.4 Å². The molecule has 6 heteroatoms. The highest BCUT2D eigenvalue weighted by atomic mass is 16.1. The number of carbonyl (C=O) groups is 1. The molecular formula is C22H25N5O. The van der Waals surface area contributed by atoms with Crippen LogP contribution in [0.25, 0.3) is 17.1 Å². The Morgan fingerprint density at radius 1 is 1.18 bits per heavy atom. The molecule has 2 N–H and O–H groups in total. The molecular weight excluding hydrogens is 350 g/mol. The van der Waals surface area contributed by atoms with Crippen LogP contribution in [0.4, 0.5) is 5.69 Å². The minimum Gasteiger partial charge on any atom is -0.369 e. The summed E-state index contributed by atoms with van der Waals surface area (Å²) in [5, 5.41) is 3.95. The lowest BCUT2D eigenvalue weighted by Gasteiger charge is -2.34. The lowest BCUT2D eigenvalue weighted by molar-refractivity contribution is -0.116. The summed E-state index contributed by atoms with van der Waals surface area (Å²) in [7, 11) is 2.16. The molecule has 3 heterocycles. The van der Waals surface area contributed by atoms with Gasteiger partial charge in [0.1, 0.15) is 5.65 Å². The Bertz CT molecular complexity index is 968. The van der Waals surface area contributed by atoms with Crippen molar-refractivity contribution in [1.82, 2.24) is 20.2 Å². The van der Waals surface area contributed by atoms with Gasteiger partial charge >= 0.3 is 0 Å². The maximum Gasteiger partial charge on any atom is 0.244 e. The molecule has 1 fully saturated rings. The smallest absolute Gasteiger partial charge is 0.244 e. The van der Waals surface area contributed by atoms with Gasteiger partial charge in [0.25, 0.3) is 0 Å². The van der Waals surface area contributed by atoms with Crippen LogP contribution in [0.3, 0.4) is 0 Å². The second-order valence-corrected chi connectivity index (χ2v) is 7.15. The second kappa shape index (κ2) is 8.27. The Morgan fingerprint density at radius 2 is 1.96 bits per heavy atom. The van der Waals surface area contributed by atoms with Crippen molar-refractivity contribution < 1.29 is 4.79 Å². The number of amides is 1. The van der Waals surface area contributed by atoms with Crippen LogP contribution >= 0.6 is 0 Å². The van der Waals surface area contributed by atoms with Crippen molar-refractivity contribution in [2.75, 3.05) is 38.1 Å². The molecule has 0 saturated carbocycles. The normalized spacial score (nSPS) is 15.4. The zero-order chi connectivity index (χ0) is 19.3. The van der Waals surface area contributed by atoms with Crippen molar-refractivity contribution in [3.63, 3.8) is 0 Å². The Balaban J connectivity index is 1.31. The van der Waals surface area contributed by atoms with Crippen LogP contribution in [0.2, 0.25) is 0 Å². The van der Waals surface area contributed by atoms with Gasteiger partial charge in [-0.05, 0) is 43.0 Å². The van der Waals surface area contributed by atoms with Crippen LogP contribution in [0.5, 0.6) is 0 Å². The lowest BCUT2D eigenvalue weighted by Crippen LogP contribution is -2.44. The summed E-state index contributed by atoms with van der Waals surface area (Å²) in [6.45, 7) is 4.82. The van der Waals surface area contributed by atoms with E-state index in [4.69, 9.17) is 0 Å². The van der Waals surface area contributed by atoms with E-state index in [0.717, 1.165) is 48.3 Å². The second-order valence-electron chi connectivity index (χ2n) is 7.15.